The van der Waals surface area contributed by atoms with Crippen molar-refractivity contribution in [1.82, 2.24) is 15.1 Å². The maximum Gasteiger partial charge on any atom is 0.408 e. The highest BCUT2D eigenvalue weighted by Crippen LogP contribution is 2.59. The third-order valence-corrected chi connectivity index (χ3v) is 10.1. The van der Waals surface area contributed by atoms with Crippen LogP contribution in [0.25, 0.3) is 0 Å². The predicted octanol–water partition coefficient (Wildman–Crippen LogP) is 3.90. The number of nitrogens with zero attached hydrogens (tertiary/aromatic N) is 2. The van der Waals surface area contributed by atoms with E-state index in [9.17, 15) is 9.59 Å². The van der Waals surface area contributed by atoms with Gasteiger partial charge < -0.3 is 34.1 Å². The summed E-state index contributed by atoms with van der Waals surface area (Å²) in [5, 5.41) is 2.93. The first-order valence-corrected chi connectivity index (χ1v) is 15.6. The van der Waals surface area contributed by atoms with Crippen LogP contribution in [0.1, 0.15) is 79.6 Å². The maximum absolute atomic E-state index is 13.5. The number of amides is 2. The molecular weight excluding hydrogens is 510 g/mol. The molecule has 0 radical (unpaired) electrons. The van der Waals surface area contributed by atoms with E-state index < -0.39 is 18.2 Å². The van der Waals surface area contributed by atoms with E-state index in [0.29, 0.717) is 19.1 Å². The van der Waals surface area contributed by atoms with Gasteiger partial charge in [0.25, 0.3) is 0 Å². The van der Waals surface area contributed by atoms with Gasteiger partial charge in [0.2, 0.25) is 5.91 Å². The van der Waals surface area contributed by atoms with E-state index in [-0.39, 0.29) is 41.2 Å². The molecule has 1 N–H and O–H groups in total. The number of epoxide rings is 2. The lowest BCUT2D eigenvalue weighted by atomic mass is 9.68. The Kier molecular flexibility index (Phi) is 8.87. The Morgan fingerprint density at radius 3 is 2.35 bits per heavy atom. The molecule has 2 amide bonds. The number of allylic oxidation sites excluding steroid dienone is 1. The molecule has 40 heavy (non-hydrogen) atoms. The maximum atomic E-state index is 13.5. The first kappa shape index (κ1) is 29.8. The Hall–Kier alpha value is -1.68. The lowest BCUT2D eigenvalue weighted by Crippen LogP contribution is -2.58. The Morgan fingerprint density at radius 2 is 1.77 bits per heavy atom. The van der Waals surface area contributed by atoms with Crippen LogP contribution in [0.4, 0.5) is 4.79 Å². The highest BCUT2D eigenvalue weighted by Gasteiger charge is 2.72. The zero-order valence-electron chi connectivity index (χ0n) is 25.4. The van der Waals surface area contributed by atoms with Crippen molar-refractivity contribution in [1.29, 1.82) is 0 Å². The molecule has 226 valence electrons. The summed E-state index contributed by atoms with van der Waals surface area (Å²) in [5.41, 5.74) is 0.604. The number of hydrogen-bond donors (Lipinski definition) is 1. The summed E-state index contributed by atoms with van der Waals surface area (Å²) in [4.78, 5) is 31.3. The smallest absolute Gasteiger partial charge is 0.408 e. The second-order valence-corrected chi connectivity index (χ2v) is 13.5. The highest BCUT2D eigenvalue weighted by atomic mass is 16.6. The van der Waals surface area contributed by atoms with Gasteiger partial charge >= 0.3 is 6.09 Å². The standard InChI is InChI=1S/C31H51N3O6/c1-20(2)9-10-24-30(5,40-24)27-26(37-6)23(11-14-31(27)19-38-31)39-29(36)32-25(21(3)4)28(35)34-17-12-22(13-18-34)33-15-7-8-16-33/h9,21-27H,7-8,10-19H2,1-6H3,(H,32,36)/t23-,24-,25-,26-,27-,30?,31+/m1/s1. The molecule has 0 aromatic carbocycles. The van der Waals surface area contributed by atoms with Crippen LogP contribution in [-0.2, 0) is 23.7 Å². The number of carbonyl (C=O) groups is 2. The summed E-state index contributed by atoms with van der Waals surface area (Å²) in [5.74, 6) is -0.0964. The molecule has 9 heteroatoms. The molecular formula is C31H51N3O6. The summed E-state index contributed by atoms with van der Waals surface area (Å²) >= 11 is 0. The summed E-state index contributed by atoms with van der Waals surface area (Å²) in [6.07, 6.45) is 7.82. The molecule has 1 unspecified atom stereocenters. The van der Waals surface area contributed by atoms with Crippen molar-refractivity contribution in [2.75, 3.05) is 39.9 Å². The van der Waals surface area contributed by atoms with Crippen molar-refractivity contribution in [2.45, 2.75) is 121 Å². The SMILES string of the molecule is CO[C@H]1[C@H](C2(C)O[C@@H]2CC=C(C)C)[C@]2(CC[C@H]1OC(=O)N[C@@H](C(=O)N1CCC(N3CCCC3)CC1)C(C)C)CO2. The van der Waals surface area contributed by atoms with Crippen LogP contribution in [0.5, 0.6) is 0 Å². The summed E-state index contributed by atoms with van der Waals surface area (Å²) in [6.45, 7) is 14.8. The van der Waals surface area contributed by atoms with Gasteiger partial charge in [-0.15, -0.1) is 0 Å². The Morgan fingerprint density at radius 1 is 1.10 bits per heavy atom. The number of nitrogens with one attached hydrogen (secondary N) is 1. The zero-order chi connectivity index (χ0) is 28.7. The molecule has 7 atom stereocenters. The van der Waals surface area contributed by atoms with E-state index in [1.807, 2.05) is 18.7 Å². The third-order valence-electron chi connectivity index (χ3n) is 10.1. The van der Waals surface area contributed by atoms with Gasteiger partial charge in [-0.1, -0.05) is 25.5 Å². The molecule has 4 saturated heterocycles. The fourth-order valence-electron chi connectivity index (χ4n) is 7.64. The minimum atomic E-state index is -0.618. The van der Waals surface area contributed by atoms with Gasteiger partial charge in [0.05, 0.1) is 18.6 Å². The first-order chi connectivity index (χ1) is 19.1. The molecule has 5 aliphatic rings. The topological polar surface area (TPSA) is 96.2 Å². The van der Waals surface area contributed by atoms with Gasteiger partial charge in [-0.25, -0.2) is 4.79 Å². The Labute approximate surface area is 240 Å². The van der Waals surface area contributed by atoms with Crippen LogP contribution in [0.15, 0.2) is 11.6 Å². The Bertz CT molecular complexity index is 949. The minimum Gasteiger partial charge on any atom is -0.443 e. The molecule has 1 spiro atoms. The summed E-state index contributed by atoms with van der Waals surface area (Å²) < 4.78 is 24.4. The van der Waals surface area contributed by atoms with Crippen LogP contribution < -0.4 is 5.32 Å². The number of likely N-dealkylation sites (tertiary alicyclic amines) is 2. The molecule has 0 aromatic heterocycles. The number of alkyl carbamates (subject to hydrolysis) is 1. The molecule has 1 aliphatic carbocycles. The van der Waals surface area contributed by atoms with Crippen molar-refractivity contribution >= 4 is 12.0 Å². The van der Waals surface area contributed by atoms with Gasteiger partial charge in [-0.2, -0.15) is 0 Å². The lowest BCUT2D eigenvalue weighted by Gasteiger charge is -2.43. The number of piperidine rings is 1. The van der Waals surface area contributed by atoms with Crippen molar-refractivity contribution in [3.63, 3.8) is 0 Å². The fraction of sp³-hybridized carbons (Fsp3) is 0.871. The van der Waals surface area contributed by atoms with Crippen LogP contribution in [0.2, 0.25) is 0 Å². The average molecular weight is 562 g/mol. The number of ether oxygens (including phenoxy) is 4. The second-order valence-electron chi connectivity index (χ2n) is 13.5. The number of methoxy groups -OCH3 is 1. The molecule has 4 heterocycles. The van der Waals surface area contributed by atoms with Gasteiger partial charge in [-0.3, -0.25) is 4.79 Å². The van der Waals surface area contributed by atoms with Crippen molar-refractivity contribution in [2.24, 2.45) is 11.8 Å². The predicted molar refractivity (Wildman–Crippen MR) is 152 cm³/mol. The molecule has 9 nitrogen and oxygen atoms in total. The molecule has 5 rings (SSSR count). The second kappa shape index (κ2) is 11.9. The fourth-order valence-corrected chi connectivity index (χ4v) is 7.64. The quantitative estimate of drug-likeness (QED) is 0.337. The Balaban J connectivity index is 1.19. The molecule has 0 bridgehead atoms. The van der Waals surface area contributed by atoms with Crippen molar-refractivity contribution in [3.8, 4) is 0 Å². The largest absolute Gasteiger partial charge is 0.443 e. The van der Waals surface area contributed by atoms with Gasteiger partial charge in [-0.05, 0) is 84.7 Å². The molecule has 1 saturated carbocycles. The minimum absolute atomic E-state index is 0.0111. The lowest BCUT2D eigenvalue weighted by molar-refractivity contribution is -0.136. The summed E-state index contributed by atoms with van der Waals surface area (Å²) in [6, 6.07) is -0.0445. The van der Waals surface area contributed by atoms with E-state index in [1.165, 1.54) is 31.5 Å². The number of hydrogen-bond acceptors (Lipinski definition) is 7. The van der Waals surface area contributed by atoms with Crippen LogP contribution in [0.3, 0.4) is 0 Å². The van der Waals surface area contributed by atoms with Crippen molar-refractivity contribution in [3.05, 3.63) is 11.6 Å². The van der Waals surface area contributed by atoms with Gasteiger partial charge in [0.1, 0.15) is 29.5 Å². The summed E-state index contributed by atoms with van der Waals surface area (Å²) in [7, 11) is 1.68. The molecule has 5 fully saturated rings. The van der Waals surface area contributed by atoms with E-state index in [1.54, 1.807) is 7.11 Å². The normalized spacial score (nSPS) is 36.9. The molecule has 0 aromatic rings. The third kappa shape index (κ3) is 6.08. The van der Waals surface area contributed by atoms with Crippen LogP contribution in [-0.4, -0.2) is 103 Å². The van der Waals surface area contributed by atoms with Crippen LogP contribution in [0, 0.1) is 11.8 Å². The van der Waals surface area contributed by atoms with Gasteiger partial charge in [0.15, 0.2) is 0 Å². The number of rotatable bonds is 9. The highest BCUT2D eigenvalue weighted by molar-refractivity contribution is 5.86. The van der Waals surface area contributed by atoms with Crippen molar-refractivity contribution < 1.29 is 28.5 Å². The van der Waals surface area contributed by atoms with Crippen LogP contribution >= 0.6 is 0 Å². The number of carbonyl (C=O) groups excluding carboxylic acids is 2. The average Bonchev–Trinajstić information content (AvgIpc) is 3.76. The zero-order valence-corrected chi connectivity index (χ0v) is 25.4. The monoisotopic (exact) mass is 561 g/mol. The van der Waals surface area contributed by atoms with E-state index in [4.69, 9.17) is 18.9 Å². The van der Waals surface area contributed by atoms with E-state index in [2.05, 4.69) is 37.1 Å². The molecule has 4 aliphatic heterocycles. The first-order valence-electron chi connectivity index (χ1n) is 15.6. The van der Waals surface area contributed by atoms with E-state index >= 15 is 0 Å². The van der Waals surface area contributed by atoms with E-state index in [0.717, 1.165) is 38.8 Å². The van der Waals surface area contributed by atoms with Gasteiger partial charge in [0, 0.05) is 26.2 Å².